The van der Waals surface area contributed by atoms with Gasteiger partial charge < -0.3 is 9.64 Å². The van der Waals surface area contributed by atoms with E-state index in [2.05, 4.69) is 25.8 Å². The lowest BCUT2D eigenvalue weighted by atomic mass is 10.1. The fraction of sp³-hybridized carbons (Fsp3) is 0.533. The van der Waals surface area contributed by atoms with Gasteiger partial charge in [-0.25, -0.2) is 4.79 Å². The smallest absolute Gasteiger partial charge is 0.410 e. The van der Waals surface area contributed by atoms with Gasteiger partial charge in [0.15, 0.2) is 0 Å². The zero-order valence-corrected chi connectivity index (χ0v) is 11.9. The third-order valence-corrected chi connectivity index (χ3v) is 3.74. The van der Waals surface area contributed by atoms with Gasteiger partial charge in [0, 0.05) is 25.2 Å². The quantitative estimate of drug-likeness (QED) is 0.820. The Kier molecular flexibility index (Phi) is 4.43. The molecule has 0 bridgehead atoms. The van der Waals surface area contributed by atoms with Crippen LogP contribution in [-0.2, 0) is 11.3 Å². The molecule has 104 valence electrons. The number of rotatable bonds is 2. The molecule has 1 aromatic carbocycles. The highest BCUT2D eigenvalue weighted by molar-refractivity contribution is 5.68. The Morgan fingerprint density at radius 2 is 1.89 bits per heavy atom. The Morgan fingerprint density at radius 1 is 1.21 bits per heavy atom. The first-order chi connectivity index (χ1) is 9.08. The van der Waals surface area contributed by atoms with Crippen LogP contribution in [0.5, 0.6) is 0 Å². The summed E-state index contributed by atoms with van der Waals surface area (Å²) in [4.78, 5) is 16.2. The number of likely N-dealkylation sites (N-methyl/N-ethyl adjacent to an activating group) is 1. The molecule has 1 aromatic rings. The standard InChI is InChI=1S/C15H22N2O2/c1-12-10-17(13(2)9-16(12)3)15(18)19-11-14-7-5-4-6-8-14/h4-8,12-13H,9-11H2,1-3H3. The van der Waals surface area contributed by atoms with Crippen molar-refractivity contribution in [2.75, 3.05) is 20.1 Å². The van der Waals surface area contributed by atoms with E-state index in [4.69, 9.17) is 4.74 Å². The molecule has 1 aliphatic rings. The molecule has 2 atom stereocenters. The summed E-state index contributed by atoms with van der Waals surface area (Å²) in [6.45, 7) is 6.15. The van der Waals surface area contributed by atoms with Crippen molar-refractivity contribution in [3.8, 4) is 0 Å². The summed E-state index contributed by atoms with van der Waals surface area (Å²) in [6.07, 6.45) is -0.212. The van der Waals surface area contributed by atoms with Crippen molar-refractivity contribution in [3.05, 3.63) is 35.9 Å². The van der Waals surface area contributed by atoms with Crippen LogP contribution in [0.15, 0.2) is 30.3 Å². The first kappa shape index (κ1) is 13.9. The van der Waals surface area contributed by atoms with E-state index < -0.39 is 0 Å². The molecule has 2 unspecified atom stereocenters. The predicted octanol–water partition coefficient (Wildman–Crippen LogP) is 2.35. The molecular weight excluding hydrogens is 240 g/mol. The van der Waals surface area contributed by atoms with Crippen molar-refractivity contribution in [1.29, 1.82) is 0 Å². The average Bonchev–Trinajstić information content (AvgIpc) is 2.41. The number of carbonyl (C=O) groups is 1. The maximum absolute atomic E-state index is 12.1. The summed E-state index contributed by atoms with van der Waals surface area (Å²) in [5.74, 6) is 0. The zero-order chi connectivity index (χ0) is 13.8. The van der Waals surface area contributed by atoms with Crippen molar-refractivity contribution >= 4 is 6.09 Å². The van der Waals surface area contributed by atoms with Crippen LogP contribution >= 0.6 is 0 Å². The van der Waals surface area contributed by atoms with Gasteiger partial charge >= 0.3 is 6.09 Å². The van der Waals surface area contributed by atoms with Gasteiger partial charge in [0.1, 0.15) is 6.61 Å². The van der Waals surface area contributed by atoms with Gasteiger partial charge in [0.25, 0.3) is 0 Å². The van der Waals surface area contributed by atoms with E-state index in [-0.39, 0.29) is 12.1 Å². The molecule has 4 heteroatoms. The lowest BCUT2D eigenvalue weighted by Crippen LogP contribution is -2.56. The Balaban J connectivity index is 1.89. The molecule has 0 radical (unpaired) electrons. The molecule has 0 aliphatic carbocycles. The molecule has 4 nitrogen and oxygen atoms in total. The van der Waals surface area contributed by atoms with Gasteiger partial charge in [-0.05, 0) is 26.5 Å². The third kappa shape index (κ3) is 3.47. The van der Waals surface area contributed by atoms with Gasteiger partial charge in [-0.1, -0.05) is 30.3 Å². The maximum atomic E-state index is 12.1. The number of piperazine rings is 1. The number of carbonyl (C=O) groups excluding carboxylic acids is 1. The predicted molar refractivity (Wildman–Crippen MR) is 74.9 cm³/mol. The van der Waals surface area contributed by atoms with Crippen LogP contribution in [0, 0.1) is 0 Å². The molecule has 1 amide bonds. The highest BCUT2D eigenvalue weighted by Crippen LogP contribution is 2.15. The molecule has 0 aromatic heterocycles. The van der Waals surface area contributed by atoms with Crippen molar-refractivity contribution in [3.63, 3.8) is 0 Å². The van der Waals surface area contributed by atoms with E-state index in [1.807, 2.05) is 35.2 Å². The van der Waals surface area contributed by atoms with Gasteiger partial charge in [0.05, 0.1) is 0 Å². The normalized spacial score (nSPS) is 24.3. The summed E-state index contributed by atoms with van der Waals surface area (Å²) in [5.41, 5.74) is 1.02. The Bertz CT molecular complexity index is 421. The van der Waals surface area contributed by atoms with E-state index in [0.717, 1.165) is 18.7 Å². The largest absolute Gasteiger partial charge is 0.445 e. The van der Waals surface area contributed by atoms with Crippen LogP contribution in [0.4, 0.5) is 4.79 Å². The highest BCUT2D eigenvalue weighted by Gasteiger charge is 2.30. The molecule has 1 fully saturated rings. The van der Waals surface area contributed by atoms with Gasteiger partial charge in [-0.2, -0.15) is 0 Å². The number of benzene rings is 1. The van der Waals surface area contributed by atoms with Gasteiger partial charge in [-0.3, -0.25) is 4.90 Å². The second kappa shape index (κ2) is 6.06. The summed E-state index contributed by atoms with van der Waals surface area (Å²) in [6, 6.07) is 10.3. The Morgan fingerprint density at radius 3 is 2.58 bits per heavy atom. The molecule has 1 heterocycles. The van der Waals surface area contributed by atoms with Crippen molar-refractivity contribution in [1.82, 2.24) is 9.80 Å². The lowest BCUT2D eigenvalue weighted by Gasteiger charge is -2.41. The van der Waals surface area contributed by atoms with Crippen LogP contribution in [0.3, 0.4) is 0 Å². The second-order valence-corrected chi connectivity index (χ2v) is 5.33. The molecule has 1 aliphatic heterocycles. The van der Waals surface area contributed by atoms with Crippen molar-refractivity contribution in [2.24, 2.45) is 0 Å². The van der Waals surface area contributed by atoms with E-state index in [1.54, 1.807) is 0 Å². The van der Waals surface area contributed by atoms with Crippen molar-refractivity contribution < 1.29 is 9.53 Å². The zero-order valence-electron chi connectivity index (χ0n) is 11.9. The fourth-order valence-corrected chi connectivity index (χ4v) is 2.36. The van der Waals surface area contributed by atoms with Crippen LogP contribution in [0.25, 0.3) is 0 Å². The molecule has 1 saturated heterocycles. The van der Waals surface area contributed by atoms with E-state index in [0.29, 0.717) is 12.6 Å². The van der Waals surface area contributed by atoms with Crippen LogP contribution in [-0.4, -0.2) is 48.1 Å². The SMILES string of the molecule is CC1CN(C(=O)OCc2ccccc2)C(C)CN1C. The molecule has 0 spiro atoms. The lowest BCUT2D eigenvalue weighted by molar-refractivity contribution is 0.0352. The molecule has 2 rings (SSSR count). The number of hydrogen-bond acceptors (Lipinski definition) is 3. The number of ether oxygens (including phenoxy) is 1. The molecule has 0 saturated carbocycles. The average molecular weight is 262 g/mol. The molecule has 0 N–H and O–H groups in total. The summed E-state index contributed by atoms with van der Waals surface area (Å²) in [5, 5.41) is 0. The Labute approximate surface area is 115 Å². The van der Waals surface area contributed by atoms with E-state index in [1.165, 1.54) is 0 Å². The summed E-state index contributed by atoms with van der Waals surface area (Å²) in [7, 11) is 2.09. The van der Waals surface area contributed by atoms with Gasteiger partial charge in [-0.15, -0.1) is 0 Å². The monoisotopic (exact) mass is 262 g/mol. The maximum Gasteiger partial charge on any atom is 0.410 e. The van der Waals surface area contributed by atoms with Crippen molar-refractivity contribution in [2.45, 2.75) is 32.5 Å². The first-order valence-electron chi connectivity index (χ1n) is 6.75. The minimum Gasteiger partial charge on any atom is -0.445 e. The summed E-state index contributed by atoms with van der Waals surface area (Å²) < 4.78 is 5.39. The topological polar surface area (TPSA) is 32.8 Å². The summed E-state index contributed by atoms with van der Waals surface area (Å²) >= 11 is 0. The second-order valence-electron chi connectivity index (χ2n) is 5.33. The van der Waals surface area contributed by atoms with E-state index in [9.17, 15) is 4.79 Å². The first-order valence-corrected chi connectivity index (χ1v) is 6.75. The van der Waals surface area contributed by atoms with Crippen LogP contribution in [0.2, 0.25) is 0 Å². The minimum atomic E-state index is -0.212. The molecule has 19 heavy (non-hydrogen) atoms. The van der Waals surface area contributed by atoms with Crippen LogP contribution < -0.4 is 0 Å². The van der Waals surface area contributed by atoms with E-state index >= 15 is 0 Å². The minimum absolute atomic E-state index is 0.199. The number of amides is 1. The molecular formula is C15H22N2O2. The van der Waals surface area contributed by atoms with Gasteiger partial charge in [0.2, 0.25) is 0 Å². The fourth-order valence-electron chi connectivity index (χ4n) is 2.36. The number of hydrogen-bond donors (Lipinski definition) is 0. The third-order valence-electron chi connectivity index (χ3n) is 3.74. The van der Waals surface area contributed by atoms with Crippen LogP contribution in [0.1, 0.15) is 19.4 Å². The highest BCUT2D eigenvalue weighted by atomic mass is 16.6. The number of nitrogens with zero attached hydrogens (tertiary/aromatic N) is 2. The Hall–Kier alpha value is -1.55.